The zero-order valence-electron chi connectivity index (χ0n) is 15.8. The van der Waals surface area contributed by atoms with Gasteiger partial charge in [0.25, 0.3) is 0 Å². The summed E-state index contributed by atoms with van der Waals surface area (Å²) in [6, 6.07) is 3.67. The molecule has 9 heteroatoms. The summed E-state index contributed by atoms with van der Waals surface area (Å²) in [5.74, 6) is 0.418. The Morgan fingerprint density at radius 3 is 2.64 bits per heavy atom. The number of rotatable bonds is 4. The van der Waals surface area contributed by atoms with Gasteiger partial charge in [-0.05, 0) is 19.1 Å². The molecule has 1 saturated heterocycles. The highest BCUT2D eigenvalue weighted by Gasteiger charge is 2.27. The number of aromatic nitrogens is 4. The second-order valence-corrected chi connectivity index (χ2v) is 6.94. The van der Waals surface area contributed by atoms with E-state index in [1.807, 2.05) is 19.2 Å². The molecule has 0 unspecified atom stereocenters. The van der Waals surface area contributed by atoms with E-state index in [2.05, 4.69) is 24.9 Å². The van der Waals surface area contributed by atoms with Gasteiger partial charge in [0.05, 0.1) is 28.9 Å². The molecule has 146 valence electrons. The fourth-order valence-corrected chi connectivity index (χ4v) is 3.78. The van der Waals surface area contributed by atoms with Crippen LogP contribution >= 0.6 is 11.6 Å². The van der Waals surface area contributed by atoms with E-state index in [4.69, 9.17) is 16.3 Å². The van der Waals surface area contributed by atoms with Crippen molar-refractivity contribution in [2.24, 2.45) is 7.05 Å². The van der Waals surface area contributed by atoms with E-state index in [1.54, 1.807) is 30.2 Å². The average molecular weight is 401 g/mol. The van der Waals surface area contributed by atoms with Gasteiger partial charge in [0.1, 0.15) is 11.4 Å². The van der Waals surface area contributed by atoms with Gasteiger partial charge in [0.2, 0.25) is 0 Å². The quantitative estimate of drug-likeness (QED) is 0.623. The number of halogens is 1. The third-order valence-corrected chi connectivity index (χ3v) is 5.16. The van der Waals surface area contributed by atoms with Crippen LogP contribution in [-0.2, 0) is 11.8 Å². The van der Waals surface area contributed by atoms with E-state index in [0.717, 1.165) is 35.6 Å². The SMILES string of the molecule is CCOC(=O)c1cnc2c(cnn2C)c1N1CCN(c2ncccc2Cl)CC1. The molecule has 0 atom stereocenters. The molecule has 3 aromatic heterocycles. The minimum Gasteiger partial charge on any atom is -0.462 e. The predicted molar refractivity (Wildman–Crippen MR) is 108 cm³/mol. The van der Waals surface area contributed by atoms with Crippen LogP contribution in [0, 0.1) is 0 Å². The van der Waals surface area contributed by atoms with Crippen molar-refractivity contribution in [2.75, 3.05) is 42.6 Å². The Morgan fingerprint density at radius 1 is 1.18 bits per heavy atom. The van der Waals surface area contributed by atoms with Gasteiger partial charge in [0.15, 0.2) is 5.65 Å². The van der Waals surface area contributed by atoms with Crippen LogP contribution < -0.4 is 9.80 Å². The summed E-state index contributed by atoms with van der Waals surface area (Å²) in [6.45, 7) is 5.02. The van der Waals surface area contributed by atoms with Crippen molar-refractivity contribution in [3.8, 4) is 0 Å². The van der Waals surface area contributed by atoms with Crippen molar-refractivity contribution in [1.29, 1.82) is 0 Å². The second kappa shape index (κ2) is 7.63. The number of esters is 1. The fraction of sp³-hybridized carbons (Fsp3) is 0.368. The van der Waals surface area contributed by atoms with Crippen LogP contribution in [0.15, 0.2) is 30.7 Å². The van der Waals surface area contributed by atoms with Gasteiger partial charge in [-0.15, -0.1) is 0 Å². The molecule has 1 aliphatic heterocycles. The maximum Gasteiger partial charge on any atom is 0.341 e. The van der Waals surface area contributed by atoms with Gasteiger partial charge >= 0.3 is 5.97 Å². The van der Waals surface area contributed by atoms with Gasteiger partial charge < -0.3 is 14.5 Å². The smallest absolute Gasteiger partial charge is 0.341 e. The first-order valence-electron chi connectivity index (χ1n) is 9.18. The number of carbonyl (C=O) groups is 1. The minimum atomic E-state index is -0.369. The first-order chi connectivity index (χ1) is 13.6. The highest BCUT2D eigenvalue weighted by Crippen LogP contribution is 2.32. The topological polar surface area (TPSA) is 76.4 Å². The zero-order valence-corrected chi connectivity index (χ0v) is 16.6. The van der Waals surface area contributed by atoms with Crippen LogP contribution in [0.2, 0.25) is 5.02 Å². The largest absolute Gasteiger partial charge is 0.462 e. The molecule has 3 aromatic rings. The summed E-state index contributed by atoms with van der Waals surface area (Å²) in [5, 5.41) is 5.79. The van der Waals surface area contributed by atoms with Crippen molar-refractivity contribution in [3.05, 3.63) is 41.3 Å². The van der Waals surface area contributed by atoms with Crippen LogP contribution in [0.3, 0.4) is 0 Å². The Hall–Kier alpha value is -2.87. The molecule has 28 heavy (non-hydrogen) atoms. The molecule has 8 nitrogen and oxygen atoms in total. The summed E-state index contributed by atoms with van der Waals surface area (Å²) in [4.78, 5) is 25.7. The third-order valence-electron chi connectivity index (χ3n) is 4.86. The number of hydrogen-bond acceptors (Lipinski definition) is 7. The van der Waals surface area contributed by atoms with Crippen molar-refractivity contribution < 1.29 is 9.53 Å². The third kappa shape index (κ3) is 3.24. The fourth-order valence-electron chi connectivity index (χ4n) is 3.53. The van der Waals surface area contributed by atoms with Crippen molar-refractivity contribution in [1.82, 2.24) is 19.7 Å². The molecule has 0 aromatic carbocycles. The van der Waals surface area contributed by atoms with E-state index in [-0.39, 0.29) is 5.97 Å². The Kier molecular flexibility index (Phi) is 5.04. The molecule has 0 radical (unpaired) electrons. The molecule has 1 fully saturated rings. The van der Waals surface area contributed by atoms with Crippen molar-refractivity contribution in [2.45, 2.75) is 6.92 Å². The molecule has 0 spiro atoms. The van der Waals surface area contributed by atoms with E-state index < -0.39 is 0 Å². The first kappa shape index (κ1) is 18.5. The number of aryl methyl sites for hydroxylation is 1. The van der Waals surface area contributed by atoms with Gasteiger partial charge in [-0.3, -0.25) is 4.68 Å². The highest BCUT2D eigenvalue weighted by molar-refractivity contribution is 6.32. The van der Waals surface area contributed by atoms with E-state index >= 15 is 0 Å². The Labute approximate surface area is 167 Å². The van der Waals surface area contributed by atoms with E-state index in [1.165, 1.54) is 0 Å². The number of fused-ring (bicyclic) bond motifs is 1. The zero-order chi connectivity index (χ0) is 19.7. The van der Waals surface area contributed by atoms with Crippen LogP contribution in [0.5, 0.6) is 0 Å². The Balaban J connectivity index is 1.66. The van der Waals surface area contributed by atoms with Gasteiger partial charge in [-0.2, -0.15) is 5.10 Å². The standard InChI is InChI=1S/C19H21ClN6O2/c1-3-28-19(27)14-11-22-17-13(12-23-24(17)2)16(14)25-7-9-26(10-8-25)18-15(20)5-4-6-21-18/h4-6,11-12H,3,7-10H2,1-2H3. The maximum atomic E-state index is 12.5. The minimum absolute atomic E-state index is 0.315. The normalized spacial score (nSPS) is 14.5. The number of pyridine rings is 2. The lowest BCUT2D eigenvalue weighted by Crippen LogP contribution is -2.47. The molecule has 0 bridgehead atoms. The summed E-state index contributed by atoms with van der Waals surface area (Å²) in [7, 11) is 1.84. The Bertz CT molecular complexity index is 1010. The van der Waals surface area contributed by atoms with Gasteiger partial charge in [-0.25, -0.2) is 14.8 Å². The van der Waals surface area contributed by atoms with Crippen LogP contribution in [0.1, 0.15) is 17.3 Å². The highest BCUT2D eigenvalue weighted by atomic mass is 35.5. The predicted octanol–water partition coefficient (Wildman–Crippen LogP) is 2.52. The number of ether oxygens (including phenoxy) is 1. The number of carbonyl (C=O) groups excluding carboxylic acids is 1. The lowest BCUT2D eigenvalue weighted by molar-refractivity contribution is 0.0527. The molecular weight excluding hydrogens is 380 g/mol. The molecule has 0 saturated carbocycles. The summed E-state index contributed by atoms with van der Waals surface area (Å²) in [5.41, 5.74) is 2.02. The van der Waals surface area contributed by atoms with Crippen LogP contribution in [0.4, 0.5) is 11.5 Å². The van der Waals surface area contributed by atoms with Gasteiger partial charge in [0, 0.05) is 45.6 Å². The first-order valence-corrected chi connectivity index (χ1v) is 9.56. The molecule has 0 amide bonds. The van der Waals surface area contributed by atoms with Crippen molar-refractivity contribution in [3.63, 3.8) is 0 Å². The maximum absolute atomic E-state index is 12.5. The van der Waals surface area contributed by atoms with E-state index in [9.17, 15) is 4.79 Å². The lowest BCUT2D eigenvalue weighted by Gasteiger charge is -2.37. The monoisotopic (exact) mass is 400 g/mol. The molecule has 0 aliphatic carbocycles. The number of nitrogens with zero attached hydrogens (tertiary/aromatic N) is 6. The molecule has 4 rings (SSSR count). The summed E-state index contributed by atoms with van der Waals surface area (Å²) < 4.78 is 6.96. The van der Waals surface area contributed by atoms with Crippen molar-refractivity contribution >= 4 is 40.1 Å². The second-order valence-electron chi connectivity index (χ2n) is 6.53. The lowest BCUT2D eigenvalue weighted by atomic mass is 10.1. The molecule has 4 heterocycles. The summed E-state index contributed by atoms with van der Waals surface area (Å²) in [6.07, 6.45) is 5.08. The number of hydrogen-bond donors (Lipinski definition) is 0. The molecule has 1 aliphatic rings. The molecule has 0 N–H and O–H groups in total. The number of anilines is 2. The van der Waals surface area contributed by atoms with E-state index in [0.29, 0.717) is 30.3 Å². The Morgan fingerprint density at radius 2 is 1.93 bits per heavy atom. The van der Waals surface area contributed by atoms with Crippen LogP contribution in [0.25, 0.3) is 11.0 Å². The van der Waals surface area contributed by atoms with Gasteiger partial charge in [-0.1, -0.05) is 11.6 Å². The number of piperazine rings is 1. The van der Waals surface area contributed by atoms with Crippen LogP contribution in [-0.4, -0.2) is 58.5 Å². The molecular formula is C19H21ClN6O2. The summed E-state index contributed by atoms with van der Waals surface area (Å²) >= 11 is 6.30. The average Bonchev–Trinajstić information content (AvgIpc) is 3.09.